The number of carbonyl (C=O) groups excluding carboxylic acids is 2. The topological polar surface area (TPSA) is 68.3 Å². The zero-order valence-electron chi connectivity index (χ0n) is 13.2. The van der Waals surface area contributed by atoms with E-state index in [0.29, 0.717) is 10.7 Å². The second-order valence-corrected chi connectivity index (χ2v) is 7.01. The molecular formula is C15H20Cl2N2O3. The Morgan fingerprint density at radius 1 is 1.32 bits per heavy atom. The fourth-order valence-electron chi connectivity index (χ4n) is 1.84. The molecule has 0 fully saturated rings. The molecule has 5 nitrogen and oxygen atoms in total. The van der Waals surface area contributed by atoms with E-state index in [9.17, 15) is 9.59 Å². The maximum atomic E-state index is 12.0. The predicted octanol–water partition coefficient (Wildman–Crippen LogP) is 4.34. The minimum Gasteiger partial charge on any atom is -0.444 e. The highest BCUT2D eigenvalue weighted by Gasteiger charge is 2.27. The van der Waals surface area contributed by atoms with E-state index in [1.54, 1.807) is 20.8 Å². The van der Waals surface area contributed by atoms with Gasteiger partial charge in [0, 0.05) is 6.20 Å². The molecule has 0 aliphatic carbocycles. The minimum absolute atomic E-state index is 0.0315. The Labute approximate surface area is 140 Å². The maximum Gasteiger partial charge on any atom is 0.408 e. The van der Waals surface area contributed by atoms with Gasteiger partial charge in [0.15, 0.2) is 0 Å². The molecule has 0 aromatic carbocycles. The maximum absolute atomic E-state index is 12.0. The highest BCUT2D eigenvalue weighted by atomic mass is 35.5. The predicted molar refractivity (Wildman–Crippen MR) is 86.4 cm³/mol. The number of rotatable bonds is 4. The van der Waals surface area contributed by atoms with Crippen molar-refractivity contribution < 1.29 is 14.3 Å². The van der Waals surface area contributed by atoms with Gasteiger partial charge in [0.05, 0.1) is 22.3 Å². The molecule has 1 amide bonds. The lowest BCUT2D eigenvalue weighted by Crippen LogP contribution is -2.37. The van der Waals surface area contributed by atoms with Crippen LogP contribution in [0.5, 0.6) is 0 Å². The molecule has 1 atom stereocenters. The first-order valence-corrected chi connectivity index (χ1v) is 7.61. The van der Waals surface area contributed by atoms with Crippen LogP contribution in [-0.2, 0) is 4.74 Å². The molecule has 1 aromatic heterocycles. The summed E-state index contributed by atoms with van der Waals surface area (Å²) in [5.41, 5.74) is -0.0846. The molecule has 122 valence electrons. The van der Waals surface area contributed by atoms with E-state index in [-0.39, 0.29) is 11.5 Å². The van der Waals surface area contributed by atoms with Crippen molar-refractivity contribution in [2.24, 2.45) is 5.92 Å². The number of aromatic nitrogens is 1. The summed E-state index contributed by atoms with van der Waals surface area (Å²) in [6.07, 6.45) is 0.822. The number of alkyl carbamates (subject to hydrolysis) is 1. The molecule has 0 saturated heterocycles. The van der Waals surface area contributed by atoms with Gasteiger partial charge >= 0.3 is 6.09 Å². The summed E-state index contributed by atoms with van der Waals surface area (Å²) in [6.45, 7) is 9.09. The average molecular weight is 347 g/mol. The van der Waals surface area contributed by atoms with Gasteiger partial charge in [0.25, 0.3) is 5.24 Å². The number of hydrogen-bond donors (Lipinski definition) is 1. The van der Waals surface area contributed by atoms with Gasteiger partial charge in [-0.2, -0.15) is 0 Å². The monoisotopic (exact) mass is 346 g/mol. The molecule has 0 radical (unpaired) electrons. The van der Waals surface area contributed by atoms with Crippen LogP contribution in [0.25, 0.3) is 0 Å². The number of hydrogen-bond acceptors (Lipinski definition) is 4. The Balaban J connectivity index is 3.12. The fraction of sp³-hybridized carbons (Fsp3) is 0.533. The molecule has 1 N–H and O–H groups in total. The zero-order valence-corrected chi connectivity index (χ0v) is 14.7. The number of amides is 1. The van der Waals surface area contributed by atoms with Gasteiger partial charge < -0.3 is 10.1 Å². The van der Waals surface area contributed by atoms with Crippen LogP contribution in [0.2, 0.25) is 5.02 Å². The molecule has 22 heavy (non-hydrogen) atoms. The lowest BCUT2D eigenvalue weighted by molar-refractivity contribution is 0.0487. The van der Waals surface area contributed by atoms with Crippen LogP contribution in [0.15, 0.2) is 12.3 Å². The van der Waals surface area contributed by atoms with E-state index >= 15 is 0 Å². The average Bonchev–Trinajstić information content (AvgIpc) is 2.33. The molecule has 0 bridgehead atoms. The molecule has 7 heteroatoms. The molecule has 1 heterocycles. The van der Waals surface area contributed by atoms with Gasteiger partial charge in [-0.05, 0) is 44.4 Å². The summed E-state index contributed by atoms with van der Waals surface area (Å²) >= 11 is 11.4. The Bertz CT molecular complexity index is 568. The molecule has 1 rings (SSSR count). The SMILES string of the molecule is CC(C)[C@@H](NC(=O)OC(C)(C)C)c1ncc(Cl)cc1C(=O)Cl. The fourth-order valence-corrected chi connectivity index (χ4v) is 2.15. The first-order valence-electron chi connectivity index (χ1n) is 6.86. The van der Waals surface area contributed by atoms with Crippen LogP contribution in [0, 0.1) is 5.92 Å². The second-order valence-electron chi connectivity index (χ2n) is 6.23. The van der Waals surface area contributed by atoms with Crippen molar-refractivity contribution in [1.29, 1.82) is 0 Å². The molecular weight excluding hydrogens is 327 g/mol. The molecule has 0 saturated carbocycles. The molecule has 0 aliphatic rings. The first-order chi connectivity index (χ1) is 10.0. The highest BCUT2D eigenvalue weighted by Crippen LogP contribution is 2.26. The molecule has 0 unspecified atom stereocenters. The summed E-state index contributed by atoms with van der Waals surface area (Å²) < 4.78 is 5.24. The van der Waals surface area contributed by atoms with Crippen LogP contribution >= 0.6 is 23.2 Å². The van der Waals surface area contributed by atoms with Crippen LogP contribution in [0.1, 0.15) is 56.7 Å². The highest BCUT2D eigenvalue weighted by molar-refractivity contribution is 6.68. The standard InChI is InChI=1S/C15H20Cl2N2O3/c1-8(2)11(19-14(21)22-15(3,4)5)12-10(13(17)20)6-9(16)7-18-12/h6-8,11H,1-5H3,(H,19,21)/t11-/m1/s1. The Morgan fingerprint density at radius 2 is 1.91 bits per heavy atom. The molecule has 1 aromatic rings. The molecule has 0 aliphatic heterocycles. The van der Waals surface area contributed by atoms with Crippen LogP contribution < -0.4 is 5.32 Å². The summed E-state index contributed by atoms with van der Waals surface area (Å²) in [7, 11) is 0. The summed E-state index contributed by atoms with van der Waals surface area (Å²) in [4.78, 5) is 27.7. The normalized spacial score (nSPS) is 12.9. The van der Waals surface area contributed by atoms with Gasteiger partial charge in [-0.1, -0.05) is 25.4 Å². The van der Waals surface area contributed by atoms with E-state index < -0.39 is 23.0 Å². The van der Waals surface area contributed by atoms with Crippen molar-refractivity contribution in [1.82, 2.24) is 10.3 Å². The summed E-state index contributed by atoms with van der Waals surface area (Å²) in [5.74, 6) is -0.0315. The van der Waals surface area contributed by atoms with E-state index in [4.69, 9.17) is 27.9 Å². The summed E-state index contributed by atoms with van der Waals surface area (Å²) in [5, 5.41) is 2.35. The third-order valence-electron chi connectivity index (χ3n) is 2.73. The first kappa shape index (κ1) is 18.7. The number of nitrogens with one attached hydrogen (secondary N) is 1. The van der Waals surface area contributed by atoms with Gasteiger partial charge in [0.2, 0.25) is 0 Å². The van der Waals surface area contributed by atoms with Gasteiger partial charge in [-0.3, -0.25) is 9.78 Å². The smallest absolute Gasteiger partial charge is 0.408 e. The Kier molecular flexibility index (Phi) is 6.20. The van der Waals surface area contributed by atoms with Crippen molar-refractivity contribution in [3.05, 3.63) is 28.5 Å². The van der Waals surface area contributed by atoms with Gasteiger partial charge in [-0.25, -0.2) is 4.79 Å². The van der Waals surface area contributed by atoms with E-state index in [1.165, 1.54) is 12.3 Å². The second kappa shape index (κ2) is 7.29. The van der Waals surface area contributed by atoms with E-state index in [1.807, 2.05) is 13.8 Å². The van der Waals surface area contributed by atoms with Crippen molar-refractivity contribution in [2.75, 3.05) is 0 Å². The number of nitrogens with zero attached hydrogens (tertiary/aromatic N) is 1. The van der Waals surface area contributed by atoms with Crippen LogP contribution in [-0.4, -0.2) is 21.9 Å². The number of ether oxygens (including phenoxy) is 1. The third kappa shape index (κ3) is 5.46. The quantitative estimate of drug-likeness (QED) is 0.823. The van der Waals surface area contributed by atoms with E-state index in [2.05, 4.69) is 10.3 Å². The van der Waals surface area contributed by atoms with Crippen molar-refractivity contribution in [3.63, 3.8) is 0 Å². The van der Waals surface area contributed by atoms with Crippen molar-refractivity contribution in [3.8, 4) is 0 Å². The molecule has 0 spiro atoms. The number of halogens is 2. The lowest BCUT2D eigenvalue weighted by Gasteiger charge is -2.26. The third-order valence-corrected chi connectivity index (χ3v) is 3.14. The largest absolute Gasteiger partial charge is 0.444 e. The van der Waals surface area contributed by atoms with Crippen LogP contribution in [0.4, 0.5) is 4.79 Å². The lowest BCUT2D eigenvalue weighted by atomic mass is 9.97. The van der Waals surface area contributed by atoms with Crippen molar-refractivity contribution in [2.45, 2.75) is 46.3 Å². The Morgan fingerprint density at radius 3 is 2.36 bits per heavy atom. The number of pyridine rings is 1. The Hall–Kier alpha value is -1.33. The zero-order chi connectivity index (χ0) is 17.1. The van der Waals surface area contributed by atoms with Crippen molar-refractivity contribution >= 4 is 34.5 Å². The van der Waals surface area contributed by atoms with Gasteiger partial charge in [-0.15, -0.1) is 0 Å². The van der Waals surface area contributed by atoms with Crippen LogP contribution in [0.3, 0.4) is 0 Å². The van der Waals surface area contributed by atoms with Gasteiger partial charge in [0.1, 0.15) is 5.60 Å². The minimum atomic E-state index is -0.679. The summed E-state index contributed by atoms with van der Waals surface area (Å²) in [6, 6.07) is 0.913. The van der Waals surface area contributed by atoms with E-state index in [0.717, 1.165) is 0 Å². The number of carbonyl (C=O) groups is 2.